The Morgan fingerprint density at radius 3 is 2.61 bits per heavy atom. The smallest absolute Gasteiger partial charge is 0.375 e. The largest absolute Gasteiger partial charge is 0.497 e. The Morgan fingerprint density at radius 2 is 1.90 bits per heavy atom. The highest BCUT2D eigenvalue weighted by Crippen LogP contribution is 2.29. The molecule has 0 fully saturated rings. The molecule has 31 heavy (non-hydrogen) atoms. The van der Waals surface area contributed by atoms with Crippen LogP contribution in [0.1, 0.15) is 43.6 Å². The van der Waals surface area contributed by atoms with Crippen LogP contribution >= 0.6 is 0 Å². The second-order valence-corrected chi connectivity index (χ2v) is 7.37. The maximum atomic E-state index is 12.7. The van der Waals surface area contributed by atoms with Crippen molar-refractivity contribution in [1.29, 1.82) is 0 Å². The average molecular weight is 421 g/mol. The van der Waals surface area contributed by atoms with Crippen LogP contribution in [0.5, 0.6) is 5.75 Å². The average Bonchev–Trinajstić information content (AvgIpc) is 3.47. The van der Waals surface area contributed by atoms with Crippen molar-refractivity contribution in [3.05, 3.63) is 76.7 Å². The summed E-state index contributed by atoms with van der Waals surface area (Å²) in [6, 6.07) is 10.8. The molecule has 4 rings (SSSR count). The van der Waals surface area contributed by atoms with Crippen LogP contribution in [0, 0.1) is 20.8 Å². The van der Waals surface area contributed by atoms with Gasteiger partial charge in [-0.2, -0.15) is 0 Å². The van der Waals surface area contributed by atoms with Gasteiger partial charge in [-0.1, -0.05) is 0 Å². The number of hydrogen-bond acceptors (Lipinski definition) is 6. The highest BCUT2D eigenvalue weighted by atomic mass is 16.5. The fourth-order valence-electron chi connectivity index (χ4n) is 3.68. The number of Topliss-reactive ketones (excluding diaryl/α,β-unsaturated/α-hetero) is 1. The Kier molecular flexibility index (Phi) is 5.42. The minimum Gasteiger partial charge on any atom is -0.497 e. The number of esters is 1. The summed E-state index contributed by atoms with van der Waals surface area (Å²) in [4.78, 5) is 25.3. The maximum Gasteiger partial charge on any atom is 0.375 e. The van der Waals surface area contributed by atoms with Crippen molar-refractivity contribution in [3.8, 4) is 5.75 Å². The van der Waals surface area contributed by atoms with Crippen molar-refractivity contribution in [3.63, 3.8) is 0 Å². The summed E-state index contributed by atoms with van der Waals surface area (Å²) in [7, 11) is 1.57. The molecule has 4 aromatic rings. The number of carbonyl (C=O) groups excluding carboxylic acids is 2. The van der Waals surface area contributed by atoms with Crippen LogP contribution in [0.4, 0.5) is 0 Å². The van der Waals surface area contributed by atoms with Crippen LogP contribution in [0.15, 0.2) is 51.5 Å². The standard InChI is InChI=1S/C24H23NO6/c1-14-10-20(16(3)25(14)12-18-6-5-9-29-18)21(26)13-30-24(27)23-15(2)19-11-17(28-4)7-8-22(19)31-23/h5-11H,12-13H2,1-4H3. The topological polar surface area (TPSA) is 83.8 Å². The van der Waals surface area contributed by atoms with Gasteiger partial charge in [-0.15, -0.1) is 0 Å². The van der Waals surface area contributed by atoms with Gasteiger partial charge >= 0.3 is 5.97 Å². The molecule has 0 amide bonds. The maximum absolute atomic E-state index is 12.7. The number of methoxy groups -OCH3 is 1. The van der Waals surface area contributed by atoms with E-state index in [0.29, 0.717) is 29.0 Å². The zero-order chi connectivity index (χ0) is 22.1. The van der Waals surface area contributed by atoms with Crippen LogP contribution in [0.25, 0.3) is 11.0 Å². The molecule has 0 spiro atoms. The summed E-state index contributed by atoms with van der Waals surface area (Å²) < 4.78 is 23.5. The van der Waals surface area contributed by atoms with Crippen molar-refractivity contribution in [2.45, 2.75) is 27.3 Å². The van der Waals surface area contributed by atoms with E-state index in [1.54, 1.807) is 44.6 Å². The number of aryl methyl sites for hydroxylation is 2. The highest BCUT2D eigenvalue weighted by molar-refractivity contribution is 6.01. The number of rotatable bonds is 7. The molecule has 0 unspecified atom stereocenters. The van der Waals surface area contributed by atoms with E-state index in [0.717, 1.165) is 22.5 Å². The fraction of sp³-hybridized carbons (Fsp3) is 0.250. The van der Waals surface area contributed by atoms with Crippen LogP contribution in [0.2, 0.25) is 0 Å². The third kappa shape index (κ3) is 3.86. The number of furan rings is 2. The zero-order valence-electron chi connectivity index (χ0n) is 17.9. The molecule has 160 valence electrons. The normalized spacial score (nSPS) is 11.1. The predicted molar refractivity (Wildman–Crippen MR) is 114 cm³/mol. The Balaban J connectivity index is 1.48. The van der Waals surface area contributed by atoms with Crippen molar-refractivity contribution in [2.24, 2.45) is 0 Å². The van der Waals surface area contributed by atoms with E-state index >= 15 is 0 Å². The third-order valence-corrected chi connectivity index (χ3v) is 5.43. The van der Waals surface area contributed by atoms with Gasteiger partial charge < -0.3 is 22.9 Å². The van der Waals surface area contributed by atoms with E-state index in [2.05, 4.69) is 0 Å². The zero-order valence-corrected chi connectivity index (χ0v) is 17.9. The number of ether oxygens (including phenoxy) is 2. The van der Waals surface area contributed by atoms with Gasteiger partial charge in [0.25, 0.3) is 0 Å². The van der Waals surface area contributed by atoms with Gasteiger partial charge in [0.1, 0.15) is 17.1 Å². The lowest BCUT2D eigenvalue weighted by Crippen LogP contribution is -2.15. The van der Waals surface area contributed by atoms with Crippen LogP contribution in [0.3, 0.4) is 0 Å². The quantitative estimate of drug-likeness (QED) is 0.313. The first-order valence-corrected chi connectivity index (χ1v) is 9.85. The van der Waals surface area contributed by atoms with Crippen LogP contribution < -0.4 is 4.74 Å². The lowest BCUT2D eigenvalue weighted by molar-refractivity contribution is 0.0445. The van der Waals surface area contributed by atoms with Gasteiger partial charge in [-0.05, 0) is 57.2 Å². The first-order chi connectivity index (χ1) is 14.9. The van der Waals surface area contributed by atoms with Gasteiger partial charge in [-0.3, -0.25) is 4.79 Å². The highest BCUT2D eigenvalue weighted by Gasteiger charge is 2.22. The van der Waals surface area contributed by atoms with Crippen molar-refractivity contribution >= 4 is 22.7 Å². The van der Waals surface area contributed by atoms with E-state index in [1.165, 1.54) is 0 Å². The molecule has 0 aliphatic heterocycles. The third-order valence-electron chi connectivity index (χ3n) is 5.43. The summed E-state index contributed by atoms with van der Waals surface area (Å²) in [6.45, 7) is 5.71. The monoisotopic (exact) mass is 421 g/mol. The molecule has 0 radical (unpaired) electrons. The molecule has 3 heterocycles. The van der Waals surface area contributed by atoms with Gasteiger partial charge in [0.2, 0.25) is 11.5 Å². The number of benzene rings is 1. The SMILES string of the molecule is COc1ccc2oc(C(=O)OCC(=O)c3cc(C)n(Cc4ccco4)c3C)c(C)c2c1. The molecule has 0 saturated heterocycles. The summed E-state index contributed by atoms with van der Waals surface area (Å²) >= 11 is 0. The number of carbonyl (C=O) groups is 2. The van der Waals surface area contributed by atoms with E-state index in [1.807, 2.05) is 30.5 Å². The summed E-state index contributed by atoms with van der Waals surface area (Å²) in [5, 5.41) is 0.763. The molecule has 1 aromatic carbocycles. The summed E-state index contributed by atoms with van der Waals surface area (Å²) in [6.07, 6.45) is 1.62. The molecule has 0 bridgehead atoms. The van der Waals surface area contributed by atoms with Gasteiger partial charge in [0, 0.05) is 27.9 Å². The Hall–Kier alpha value is -3.74. The predicted octanol–water partition coefficient (Wildman–Crippen LogP) is 4.85. The molecule has 7 nitrogen and oxygen atoms in total. The first kappa shape index (κ1) is 20.5. The minimum absolute atomic E-state index is 0.0827. The molecule has 3 aromatic heterocycles. The Labute approximate surface area is 179 Å². The number of ketones is 1. The van der Waals surface area contributed by atoms with Gasteiger partial charge in [0.15, 0.2) is 6.61 Å². The molecule has 0 aliphatic carbocycles. The molecular formula is C24H23NO6. The van der Waals surface area contributed by atoms with E-state index in [-0.39, 0.29) is 18.2 Å². The van der Waals surface area contributed by atoms with E-state index in [9.17, 15) is 9.59 Å². The molecule has 0 N–H and O–H groups in total. The number of aromatic nitrogens is 1. The second kappa shape index (κ2) is 8.18. The minimum atomic E-state index is -0.676. The van der Waals surface area contributed by atoms with Crippen molar-refractivity contribution < 1.29 is 27.9 Å². The van der Waals surface area contributed by atoms with Crippen molar-refractivity contribution in [2.75, 3.05) is 13.7 Å². The van der Waals surface area contributed by atoms with E-state index < -0.39 is 5.97 Å². The van der Waals surface area contributed by atoms with Crippen molar-refractivity contribution in [1.82, 2.24) is 4.57 Å². The second-order valence-electron chi connectivity index (χ2n) is 7.37. The lowest BCUT2D eigenvalue weighted by Gasteiger charge is -2.08. The number of fused-ring (bicyclic) bond motifs is 1. The first-order valence-electron chi connectivity index (χ1n) is 9.85. The van der Waals surface area contributed by atoms with E-state index in [4.69, 9.17) is 18.3 Å². The fourth-order valence-corrected chi connectivity index (χ4v) is 3.68. The molecular weight excluding hydrogens is 398 g/mol. The number of hydrogen-bond donors (Lipinski definition) is 0. The summed E-state index contributed by atoms with van der Waals surface area (Å²) in [5.74, 6) is 0.591. The summed E-state index contributed by atoms with van der Waals surface area (Å²) in [5.41, 5.74) is 3.43. The van der Waals surface area contributed by atoms with Gasteiger partial charge in [0.05, 0.1) is 19.9 Å². The van der Waals surface area contributed by atoms with Gasteiger partial charge in [-0.25, -0.2) is 4.79 Å². The molecule has 0 aliphatic rings. The lowest BCUT2D eigenvalue weighted by atomic mass is 10.1. The Bertz CT molecular complexity index is 1260. The van der Waals surface area contributed by atoms with Crippen LogP contribution in [-0.2, 0) is 11.3 Å². The molecule has 0 saturated carbocycles. The number of nitrogens with zero attached hydrogens (tertiary/aromatic N) is 1. The molecule has 0 atom stereocenters. The molecule has 7 heteroatoms. The van der Waals surface area contributed by atoms with Crippen LogP contribution in [-0.4, -0.2) is 30.0 Å². The Morgan fingerprint density at radius 1 is 1.10 bits per heavy atom.